The SMILES string of the molecule is C[C@H](NC(=O)CCn1cncn1)c1cccc(OCc2ccccn2)c1. The van der Waals surface area contributed by atoms with Crippen molar-refractivity contribution in [3.63, 3.8) is 0 Å². The van der Waals surface area contributed by atoms with Crippen molar-refractivity contribution in [1.29, 1.82) is 0 Å². The standard InChI is InChI=1S/C19H21N5O2/c1-15(23-19(25)8-10-24-14-20-13-22-24)16-5-4-7-18(11-16)26-12-17-6-2-3-9-21-17/h2-7,9,11,13-15H,8,10,12H2,1H3,(H,23,25)/t15-/m0/s1. The molecule has 26 heavy (non-hydrogen) atoms. The number of nitrogens with zero attached hydrogens (tertiary/aromatic N) is 4. The molecule has 3 aromatic rings. The average molecular weight is 351 g/mol. The monoisotopic (exact) mass is 351 g/mol. The van der Waals surface area contributed by atoms with E-state index in [2.05, 4.69) is 20.4 Å². The Labute approximate surface area is 152 Å². The van der Waals surface area contributed by atoms with Crippen LogP contribution in [0, 0.1) is 0 Å². The van der Waals surface area contributed by atoms with Crippen molar-refractivity contribution < 1.29 is 9.53 Å². The van der Waals surface area contributed by atoms with Crippen LogP contribution in [0.4, 0.5) is 0 Å². The third-order valence-corrected chi connectivity index (χ3v) is 3.88. The van der Waals surface area contributed by atoms with Crippen molar-refractivity contribution >= 4 is 5.91 Å². The predicted octanol–water partition coefficient (Wildman–Crippen LogP) is 2.52. The van der Waals surface area contributed by atoms with Gasteiger partial charge < -0.3 is 10.1 Å². The molecule has 0 bridgehead atoms. The van der Waals surface area contributed by atoms with Gasteiger partial charge in [-0.1, -0.05) is 18.2 Å². The van der Waals surface area contributed by atoms with Crippen LogP contribution in [0.1, 0.15) is 30.6 Å². The minimum Gasteiger partial charge on any atom is -0.487 e. The molecular weight excluding hydrogens is 330 g/mol. The topological polar surface area (TPSA) is 81.9 Å². The third kappa shape index (κ3) is 5.14. The maximum atomic E-state index is 12.1. The lowest BCUT2D eigenvalue weighted by molar-refractivity contribution is -0.122. The molecule has 7 nitrogen and oxygen atoms in total. The Kier molecular flexibility index (Phi) is 5.92. The van der Waals surface area contributed by atoms with Crippen LogP contribution in [0.15, 0.2) is 61.3 Å². The molecule has 2 heterocycles. The second kappa shape index (κ2) is 8.75. The number of amides is 1. The lowest BCUT2D eigenvalue weighted by atomic mass is 10.1. The van der Waals surface area contributed by atoms with E-state index in [9.17, 15) is 4.79 Å². The minimum absolute atomic E-state index is 0.0344. The van der Waals surface area contributed by atoms with Gasteiger partial charge in [-0.25, -0.2) is 4.98 Å². The van der Waals surface area contributed by atoms with Gasteiger partial charge in [-0.2, -0.15) is 5.10 Å². The summed E-state index contributed by atoms with van der Waals surface area (Å²) in [5, 5.41) is 6.98. The molecule has 2 aromatic heterocycles. The molecule has 0 saturated carbocycles. The van der Waals surface area contributed by atoms with Crippen LogP contribution in [0.5, 0.6) is 5.75 Å². The molecule has 1 aromatic carbocycles. The maximum Gasteiger partial charge on any atom is 0.222 e. The van der Waals surface area contributed by atoms with Crippen molar-refractivity contribution in [1.82, 2.24) is 25.1 Å². The van der Waals surface area contributed by atoms with Crippen LogP contribution < -0.4 is 10.1 Å². The molecule has 0 aliphatic carbocycles. The first-order valence-electron chi connectivity index (χ1n) is 8.45. The first kappa shape index (κ1) is 17.6. The summed E-state index contributed by atoms with van der Waals surface area (Å²) in [5.74, 6) is 0.713. The number of carbonyl (C=O) groups is 1. The van der Waals surface area contributed by atoms with Gasteiger partial charge in [0.25, 0.3) is 0 Å². The van der Waals surface area contributed by atoms with Crippen LogP contribution in [-0.2, 0) is 17.9 Å². The lowest BCUT2D eigenvalue weighted by Gasteiger charge is -2.15. The average Bonchev–Trinajstić information content (AvgIpc) is 3.19. The highest BCUT2D eigenvalue weighted by Gasteiger charge is 2.11. The quantitative estimate of drug-likeness (QED) is 0.674. The number of aromatic nitrogens is 4. The fraction of sp³-hybridized carbons (Fsp3) is 0.263. The number of benzene rings is 1. The van der Waals surface area contributed by atoms with Gasteiger partial charge in [-0.05, 0) is 36.8 Å². The van der Waals surface area contributed by atoms with Gasteiger partial charge in [0.05, 0.1) is 18.3 Å². The van der Waals surface area contributed by atoms with Crippen LogP contribution in [0.25, 0.3) is 0 Å². The highest BCUT2D eigenvalue weighted by molar-refractivity contribution is 5.76. The van der Waals surface area contributed by atoms with Crippen molar-refractivity contribution in [3.05, 3.63) is 72.6 Å². The fourth-order valence-corrected chi connectivity index (χ4v) is 2.48. The van der Waals surface area contributed by atoms with Crippen molar-refractivity contribution in [2.75, 3.05) is 0 Å². The van der Waals surface area contributed by atoms with E-state index in [1.54, 1.807) is 17.2 Å². The lowest BCUT2D eigenvalue weighted by Crippen LogP contribution is -2.27. The van der Waals surface area contributed by atoms with Gasteiger partial charge in [-0.15, -0.1) is 0 Å². The summed E-state index contributed by atoms with van der Waals surface area (Å²) in [5.41, 5.74) is 1.85. The van der Waals surface area contributed by atoms with Gasteiger partial charge in [0.2, 0.25) is 5.91 Å². The number of ether oxygens (including phenoxy) is 1. The van der Waals surface area contributed by atoms with Crippen molar-refractivity contribution in [2.45, 2.75) is 32.5 Å². The summed E-state index contributed by atoms with van der Waals surface area (Å²) in [7, 11) is 0. The highest BCUT2D eigenvalue weighted by Crippen LogP contribution is 2.20. The van der Waals surface area contributed by atoms with E-state index in [0.717, 1.165) is 17.0 Å². The summed E-state index contributed by atoms with van der Waals surface area (Å²) in [4.78, 5) is 20.2. The molecule has 134 valence electrons. The molecule has 0 saturated heterocycles. The molecule has 7 heteroatoms. The van der Waals surface area contributed by atoms with Crippen molar-refractivity contribution in [3.8, 4) is 5.75 Å². The van der Waals surface area contributed by atoms with Crippen molar-refractivity contribution in [2.24, 2.45) is 0 Å². The number of rotatable bonds is 8. The third-order valence-electron chi connectivity index (χ3n) is 3.88. The second-order valence-electron chi connectivity index (χ2n) is 5.88. The molecule has 1 atom stereocenters. The summed E-state index contributed by atoms with van der Waals surface area (Å²) >= 11 is 0. The largest absolute Gasteiger partial charge is 0.487 e. The molecule has 0 fully saturated rings. The predicted molar refractivity (Wildman–Crippen MR) is 96.2 cm³/mol. The van der Waals surface area contributed by atoms with E-state index in [0.29, 0.717) is 19.6 Å². The Morgan fingerprint density at radius 3 is 2.96 bits per heavy atom. The Morgan fingerprint density at radius 1 is 1.27 bits per heavy atom. The number of nitrogens with one attached hydrogen (secondary N) is 1. The molecule has 1 N–H and O–H groups in total. The van der Waals surface area contributed by atoms with Gasteiger partial charge in [0.15, 0.2) is 0 Å². The smallest absolute Gasteiger partial charge is 0.222 e. The first-order valence-corrected chi connectivity index (χ1v) is 8.45. The zero-order chi connectivity index (χ0) is 18.2. The van der Waals surface area contributed by atoms with E-state index >= 15 is 0 Å². The van der Waals surface area contributed by atoms with Crippen LogP contribution >= 0.6 is 0 Å². The molecule has 0 spiro atoms. The number of carbonyl (C=O) groups excluding carboxylic acids is 1. The second-order valence-corrected chi connectivity index (χ2v) is 5.88. The van der Waals surface area contributed by atoms with E-state index in [1.165, 1.54) is 6.33 Å². The molecule has 0 radical (unpaired) electrons. The van der Waals surface area contributed by atoms with Crippen LogP contribution in [0.2, 0.25) is 0 Å². The zero-order valence-electron chi connectivity index (χ0n) is 14.6. The molecule has 0 unspecified atom stereocenters. The molecule has 3 rings (SSSR count). The Bertz CT molecular complexity index is 821. The Hall–Kier alpha value is -3.22. The van der Waals surface area contributed by atoms with Gasteiger partial charge in [0, 0.05) is 12.6 Å². The fourth-order valence-electron chi connectivity index (χ4n) is 2.48. The Morgan fingerprint density at radius 2 is 2.19 bits per heavy atom. The van der Waals surface area contributed by atoms with E-state index in [1.807, 2.05) is 49.4 Å². The number of hydrogen-bond acceptors (Lipinski definition) is 5. The van der Waals surface area contributed by atoms with Crippen LogP contribution in [-0.4, -0.2) is 25.7 Å². The summed E-state index contributed by atoms with van der Waals surface area (Å²) in [6.07, 6.45) is 5.14. The summed E-state index contributed by atoms with van der Waals surface area (Å²) < 4.78 is 7.43. The highest BCUT2D eigenvalue weighted by atomic mass is 16.5. The van der Waals surface area contributed by atoms with Gasteiger partial charge in [0.1, 0.15) is 25.0 Å². The van der Waals surface area contributed by atoms with E-state index in [4.69, 9.17) is 4.74 Å². The number of aryl methyl sites for hydroxylation is 1. The first-order chi connectivity index (χ1) is 12.7. The summed E-state index contributed by atoms with van der Waals surface area (Å²) in [6.45, 7) is 2.86. The van der Waals surface area contributed by atoms with Crippen LogP contribution in [0.3, 0.4) is 0 Å². The number of pyridine rings is 1. The maximum absolute atomic E-state index is 12.1. The summed E-state index contributed by atoms with van der Waals surface area (Å²) in [6, 6.07) is 13.3. The Balaban J connectivity index is 1.52. The minimum atomic E-state index is -0.114. The molecule has 1 amide bonds. The zero-order valence-corrected chi connectivity index (χ0v) is 14.6. The van der Waals surface area contributed by atoms with Gasteiger partial charge in [-0.3, -0.25) is 14.5 Å². The van der Waals surface area contributed by atoms with E-state index in [-0.39, 0.29) is 11.9 Å². The molecule has 0 aliphatic heterocycles. The van der Waals surface area contributed by atoms with E-state index < -0.39 is 0 Å². The normalized spacial score (nSPS) is 11.7. The molecular formula is C19H21N5O2. The van der Waals surface area contributed by atoms with Gasteiger partial charge >= 0.3 is 0 Å². The number of hydrogen-bond donors (Lipinski definition) is 1. The molecule has 0 aliphatic rings.